The van der Waals surface area contributed by atoms with Gasteiger partial charge in [0.15, 0.2) is 0 Å². The van der Waals surface area contributed by atoms with Crippen molar-refractivity contribution in [3.8, 4) is 0 Å². The van der Waals surface area contributed by atoms with Gasteiger partial charge in [-0.05, 0) is 12.5 Å². The molecule has 1 aliphatic heterocycles. The van der Waals surface area contributed by atoms with Crippen LogP contribution in [0, 0.1) is 0 Å². The van der Waals surface area contributed by atoms with Crippen LogP contribution in [0.3, 0.4) is 0 Å². The third-order valence-electron chi connectivity index (χ3n) is 3.42. The fourth-order valence-electron chi connectivity index (χ4n) is 1.99. The lowest BCUT2D eigenvalue weighted by atomic mass is 10.2. The van der Waals surface area contributed by atoms with Gasteiger partial charge in [-0.2, -0.15) is 0 Å². The van der Waals surface area contributed by atoms with Gasteiger partial charge in [0.05, 0.1) is 7.11 Å². The van der Waals surface area contributed by atoms with Gasteiger partial charge < -0.3 is 9.64 Å². The molecule has 0 aliphatic carbocycles. The van der Waals surface area contributed by atoms with E-state index in [1.165, 1.54) is 17.1 Å². The van der Waals surface area contributed by atoms with Crippen LogP contribution in [0.5, 0.6) is 0 Å². The van der Waals surface area contributed by atoms with E-state index in [1.54, 1.807) is 7.05 Å². The first-order valence-corrected chi connectivity index (χ1v) is 10.7. The molecule has 0 bridgehead atoms. The van der Waals surface area contributed by atoms with Crippen molar-refractivity contribution in [1.29, 1.82) is 0 Å². The molecular formula is C13H26N2O4Si. The van der Waals surface area contributed by atoms with Crippen LogP contribution < -0.4 is 0 Å². The van der Waals surface area contributed by atoms with Crippen LogP contribution in [0.4, 0.5) is 0 Å². The normalized spacial score (nSPS) is 19.6. The zero-order chi connectivity index (χ0) is 15.3. The third-order valence-corrected chi connectivity index (χ3v) is 5.13. The van der Waals surface area contributed by atoms with Crippen molar-refractivity contribution in [1.82, 2.24) is 9.96 Å². The van der Waals surface area contributed by atoms with Crippen LogP contribution in [0.15, 0.2) is 0 Å². The van der Waals surface area contributed by atoms with Gasteiger partial charge in [-0.3, -0.25) is 14.4 Å². The highest BCUT2D eigenvalue weighted by molar-refractivity contribution is 6.76. The smallest absolute Gasteiger partial charge is 0.268 e. The summed E-state index contributed by atoms with van der Waals surface area (Å²) in [6, 6.07) is 0.588. The summed E-state index contributed by atoms with van der Waals surface area (Å²) in [5.74, 6) is -0.229. The van der Waals surface area contributed by atoms with Crippen molar-refractivity contribution in [3.63, 3.8) is 0 Å². The van der Waals surface area contributed by atoms with E-state index in [1.807, 2.05) is 0 Å². The molecule has 1 saturated heterocycles. The average Bonchev–Trinajstić information content (AvgIpc) is 2.73. The molecule has 1 aliphatic rings. The molecule has 1 unspecified atom stereocenters. The standard InChI is InChI=1S/C13H26N2O4Si/c1-14(18-2)13(17)11-6-7-12(16)15(11)10-19-8-9-20(3,4)5/h11H,6-10H2,1-5H3. The molecule has 7 heteroatoms. The summed E-state index contributed by atoms with van der Waals surface area (Å²) < 4.78 is 5.59. The van der Waals surface area contributed by atoms with Crippen molar-refractivity contribution in [2.75, 3.05) is 27.5 Å². The lowest BCUT2D eigenvalue weighted by molar-refractivity contribution is -0.176. The predicted octanol–water partition coefficient (Wildman–Crippen LogP) is 1.31. The molecule has 20 heavy (non-hydrogen) atoms. The number of hydrogen-bond donors (Lipinski definition) is 0. The van der Waals surface area contributed by atoms with Crippen LogP contribution in [0.1, 0.15) is 12.8 Å². The van der Waals surface area contributed by atoms with E-state index in [-0.39, 0.29) is 18.5 Å². The Morgan fingerprint density at radius 3 is 2.65 bits per heavy atom. The van der Waals surface area contributed by atoms with E-state index in [2.05, 4.69) is 19.6 Å². The SMILES string of the molecule is CON(C)C(=O)C1CCC(=O)N1COCC[Si](C)(C)C. The number of amides is 2. The summed E-state index contributed by atoms with van der Waals surface area (Å²) in [6.07, 6.45) is 0.925. The maximum Gasteiger partial charge on any atom is 0.268 e. The van der Waals surface area contributed by atoms with E-state index in [4.69, 9.17) is 9.57 Å². The van der Waals surface area contributed by atoms with Gasteiger partial charge >= 0.3 is 0 Å². The zero-order valence-electron chi connectivity index (χ0n) is 13.1. The second kappa shape index (κ2) is 7.19. The van der Waals surface area contributed by atoms with E-state index >= 15 is 0 Å². The van der Waals surface area contributed by atoms with E-state index in [0.29, 0.717) is 19.4 Å². The minimum absolute atomic E-state index is 0.0270. The number of carbonyl (C=O) groups excluding carboxylic acids is 2. The minimum Gasteiger partial charge on any atom is -0.361 e. The summed E-state index contributed by atoms with van der Waals surface area (Å²) in [5.41, 5.74) is 0. The van der Waals surface area contributed by atoms with Crippen LogP contribution in [0.2, 0.25) is 25.7 Å². The highest BCUT2D eigenvalue weighted by Crippen LogP contribution is 2.20. The van der Waals surface area contributed by atoms with Crippen LogP contribution in [-0.2, 0) is 19.2 Å². The maximum absolute atomic E-state index is 12.1. The number of carbonyl (C=O) groups is 2. The fraction of sp³-hybridized carbons (Fsp3) is 0.846. The molecule has 0 aromatic carbocycles. The summed E-state index contributed by atoms with van der Waals surface area (Å²) in [7, 11) is 1.85. The fourth-order valence-corrected chi connectivity index (χ4v) is 2.75. The van der Waals surface area contributed by atoms with Gasteiger partial charge in [0.2, 0.25) is 5.91 Å². The van der Waals surface area contributed by atoms with Crippen molar-refractivity contribution in [2.24, 2.45) is 0 Å². The second-order valence-electron chi connectivity index (χ2n) is 6.28. The Labute approximate surface area is 122 Å². The number of hydrogen-bond acceptors (Lipinski definition) is 4. The monoisotopic (exact) mass is 302 g/mol. The van der Waals surface area contributed by atoms with Gasteiger partial charge in [0.25, 0.3) is 5.91 Å². The average molecular weight is 302 g/mol. The first-order chi connectivity index (χ1) is 9.26. The van der Waals surface area contributed by atoms with Gasteiger partial charge in [0, 0.05) is 28.1 Å². The molecule has 2 amide bonds. The summed E-state index contributed by atoms with van der Waals surface area (Å²) in [5, 5.41) is 1.17. The highest BCUT2D eigenvalue weighted by Gasteiger charge is 2.37. The molecule has 1 fully saturated rings. The minimum atomic E-state index is -1.14. The van der Waals surface area contributed by atoms with Gasteiger partial charge in [-0.1, -0.05) is 19.6 Å². The Bertz CT molecular complexity index is 357. The molecule has 0 N–H and O–H groups in total. The van der Waals surface area contributed by atoms with Crippen molar-refractivity contribution in [3.05, 3.63) is 0 Å². The Morgan fingerprint density at radius 2 is 2.10 bits per heavy atom. The summed E-state index contributed by atoms with van der Waals surface area (Å²) in [4.78, 5) is 30.3. The maximum atomic E-state index is 12.1. The summed E-state index contributed by atoms with van der Waals surface area (Å²) in [6.45, 7) is 7.66. The van der Waals surface area contributed by atoms with Crippen molar-refractivity contribution < 1.29 is 19.2 Å². The Kier molecular flexibility index (Phi) is 6.16. The van der Waals surface area contributed by atoms with Crippen molar-refractivity contribution in [2.45, 2.75) is 44.6 Å². The molecule has 1 atom stereocenters. The zero-order valence-corrected chi connectivity index (χ0v) is 14.1. The molecule has 0 aromatic rings. The predicted molar refractivity (Wildman–Crippen MR) is 78.6 cm³/mol. The van der Waals surface area contributed by atoms with Crippen LogP contribution in [0.25, 0.3) is 0 Å². The topological polar surface area (TPSA) is 59.1 Å². The number of likely N-dealkylation sites (N-methyl/N-ethyl adjacent to an activating group) is 1. The number of likely N-dealkylation sites (tertiary alicyclic amines) is 1. The number of nitrogens with zero attached hydrogens (tertiary/aromatic N) is 2. The van der Waals surface area contributed by atoms with E-state index in [9.17, 15) is 9.59 Å². The second-order valence-corrected chi connectivity index (χ2v) is 11.9. The van der Waals surface area contributed by atoms with E-state index in [0.717, 1.165) is 6.04 Å². The number of ether oxygens (including phenoxy) is 1. The first kappa shape index (κ1) is 17.1. The Morgan fingerprint density at radius 1 is 1.45 bits per heavy atom. The van der Waals surface area contributed by atoms with Gasteiger partial charge in [-0.25, -0.2) is 5.06 Å². The third kappa shape index (κ3) is 4.88. The lowest BCUT2D eigenvalue weighted by Gasteiger charge is -2.27. The molecule has 116 valence electrons. The molecule has 0 radical (unpaired) electrons. The first-order valence-electron chi connectivity index (χ1n) is 6.95. The van der Waals surface area contributed by atoms with Crippen molar-refractivity contribution >= 4 is 19.9 Å². The molecule has 1 heterocycles. The molecule has 1 rings (SSSR count). The quantitative estimate of drug-likeness (QED) is 0.404. The molecule has 0 saturated carbocycles. The lowest BCUT2D eigenvalue weighted by Crippen LogP contribution is -2.46. The highest BCUT2D eigenvalue weighted by atomic mass is 28.3. The largest absolute Gasteiger partial charge is 0.361 e. The summed E-state index contributed by atoms with van der Waals surface area (Å²) >= 11 is 0. The van der Waals surface area contributed by atoms with Crippen LogP contribution in [-0.4, -0.2) is 63.4 Å². The molecular weight excluding hydrogens is 276 g/mol. The number of hydroxylamine groups is 2. The Hall–Kier alpha value is -0.923. The van der Waals surface area contributed by atoms with E-state index < -0.39 is 14.1 Å². The molecule has 0 spiro atoms. The number of rotatable bonds is 7. The van der Waals surface area contributed by atoms with Gasteiger partial charge in [-0.15, -0.1) is 0 Å². The van der Waals surface area contributed by atoms with Crippen LogP contribution >= 0.6 is 0 Å². The molecule has 0 aromatic heterocycles. The Balaban J connectivity index is 2.48. The molecule has 6 nitrogen and oxygen atoms in total. The van der Waals surface area contributed by atoms with Gasteiger partial charge in [0.1, 0.15) is 12.8 Å².